The minimum absolute atomic E-state index is 0.0129. The van der Waals surface area contributed by atoms with Gasteiger partial charge in [0, 0.05) is 35.8 Å². The van der Waals surface area contributed by atoms with Gasteiger partial charge in [0.05, 0.1) is 43.5 Å². The van der Waals surface area contributed by atoms with Crippen LogP contribution in [0.15, 0.2) is 84.0 Å². The van der Waals surface area contributed by atoms with Crippen molar-refractivity contribution in [3.05, 3.63) is 101 Å². The molecule has 3 aromatic carbocycles. The zero-order valence-corrected chi connectivity index (χ0v) is 42.9. The largest absolute Gasteiger partial charge is 0.425 e. The Balaban J connectivity index is 1.37. The third-order valence-corrected chi connectivity index (χ3v) is 13.1. The van der Waals surface area contributed by atoms with Crippen LogP contribution in [0.2, 0.25) is 0 Å². The van der Waals surface area contributed by atoms with Crippen LogP contribution in [-0.4, -0.2) is 110 Å². The van der Waals surface area contributed by atoms with E-state index in [0.29, 0.717) is 80.9 Å². The molecule has 0 aromatic heterocycles. The van der Waals surface area contributed by atoms with E-state index in [1.165, 1.54) is 13.3 Å². The highest BCUT2D eigenvalue weighted by Crippen LogP contribution is 2.31. The van der Waals surface area contributed by atoms with E-state index in [1.54, 1.807) is 33.8 Å². The molecule has 0 aliphatic carbocycles. The SMILES string of the molecule is CO/N=C/c1cc(C[N+]2(CC(=O)C[C@@H](CCc3ccccc3)C(=O)N[C@@H](CC(C)C)C(=O)C[C@@H](Cc3ccccc3)C(=O)N[C@@H](CC(C)C)C(=O)[C@@]3(C)CO3)CCOCC2)ccc1OC(=O)C(C)(C)C. The first-order valence-corrected chi connectivity index (χ1v) is 24.9. The van der Waals surface area contributed by atoms with Crippen LogP contribution in [0.1, 0.15) is 110 Å². The Morgan fingerprint density at radius 3 is 1.96 bits per heavy atom. The second kappa shape index (κ2) is 25.5. The van der Waals surface area contributed by atoms with Gasteiger partial charge in [-0.2, -0.15) is 0 Å². The number of hydrogen-bond donors (Lipinski definition) is 2. The van der Waals surface area contributed by atoms with Gasteiger partial charge in [0.25, 0.3) is 0 Å². The molecule has 380 valence electrons. The van der Waals surface area contributed by atoms with Crippen LogP contribution in [0.5, 0.6) is 5.75 Å². The molecule has 2 saturated heterocycles. The number of hydrogen-bond acceptors (Lipinski definition) is 11. The van der Waals surface area contributed by atoms with Gasteiger partial charge in [0.15, 0.2) is 17.3 Å². The number of benzene rings is 3. The fraction of sp³-hybridized carbons (Fsp3) is 0.554. The number of ether oxygens (including phenoxy) is 3. The molecule has 2 heterocycles. The number of amides is 2. The average molecular weight is 966 g/mol. The van der Waals surface area contributed by atoms with Gasteiger partial charge < -0.3 is 34.2 Å². The quantitative estimate of drug-likeness (QED) is 0.0195. The molecule has 2 aliphatic heterocycles. The number of esters is 1. The fourth-order valence-corrected chi connectivity index (χ4v) is 8.95. The van der Waals surface area contributed by atoms with Crippen LogP contribution in [0.25, 0.3) is 0 Å². The number of Topliss-reactive ketones (excluding diaryl/α,β-unsaturated/α-hetero) is 3. The molecule has 0 bridgehead atoms. The van der Waals surface area contributed by atoms with Crippen LogP contribution in [0.3, 0.4) is 0 Å². The second-order valence-corrected chi connectivity index (χ2v) is 21.4. The van der Waals surface area contributed by atoms with Crippen molar-refractivity contribution in [2.75, 3.05) is 46.6 Å². The summed E-state index contributed by atoms with van der Waals surface area (Å²) in [5.41, 5.74) is 1.66. The van der Waals surface area contributed by atoms with Crippen molar-refractivity contribution in [2.45, 2.75) is 125 Å². The summed E-state index contributed by atoms with van der Waals surface area (Å²) in [6.45, 7) is 18.0. The Morgan fingerprint density at radius 1 is 0.786 bits per heavy atom. The number of nitrogens with zero attached hydrogens (tertiary/aromatic N) is 2. The lowest BCUT2D eigenvalue weighted by atomic mass is 9.87. The Hall–Kier alpha value is -5.57. The molecule has 14 heteroatoms. The standard InChI is InChI=1S/C56H76N4O10/c1-38(2)28-47(49(62)33-44(30-41-18-14-11-15-19-41)53(65)59-48(29-39(3)4)51(63)56(8)37-69-56)58-52(64)43(22-20-40-16-12-10-13-17-40)32-46(61)36-60(24-26-68-27-25-60)35-42-21-23-50(45(31-42)34-57-67-9)70-54(66)55(5,6)7/h10-19,21,23,31,34,38-39,43-44,47-48H,20,22,24-30,32-33,35-37H2,1-9H3,(H-,58,59,64,65)/p+1/b57-34+/t43-,44-,47+,48+,56-/m1/s1. The molecule has 70 heavy (non-hydrogen) atoms. The number of quaternary nitrogens is 1. The zero-order chi connectivity index (χ0) is 51.1. The van der Waals surface area contributed by atoms with E-state index in [-0.39, 0.29) is 60.9 Å². The summed E-state index contributed by atoms with van der Waals surface area (Å²) >= 11 is 0. The molecule has 2 aliphatic rings. The maximum absolute atomic E-state index is 14.7. The molecule has 5 rings (SSSR count). The summed E-state index contributed by atoms with van der Waals surface area (Å²) in [7, 11) is 1.43. The first-order valence-electron chi connectivity index (χ1n) is 24.9. The van der Waals surface area contributed by atoms with E-state index >= 15 is 0 Å². The van der Waals surface area contributed by atoms with Crippen molar-refractivity contribution >= 4 is 41.3 Å². The monoisotopic (exact) mass is 966 g/mol. The van der Waals surface area contributed by atoms with Gasteiger partial charge in [-0.15, -0.1) is 0 Å². The Bertz CT molecular complexity index is 2260. The molecule has 2 fully saturated rings. The Morgan fingerprint density at radius 2 is 1.37 bits per heavy atom. The van der Waals surface area contributed by atoms with Gasteiger partial charge >= 0.3 is 5.97 Å². The van der Waals surface area contributed by atoms with E-state index in [2.05, 4.69) is 15.8 Å². The maximum Gasteiger partial charge on any atom is 0.316 e. The summed E-state index contributed by atoms with van der Waals surface area (Å²) < 4.78 is 17.4. The second-order valence-electron chi connectivity index (χ2n) is 21.4. The van der Waals surface area contributed by atoms with Gasteiger partial charge in [0.1, 0.15) is 44.6 Å². The minimum Gasteiger partial charge on any atom is -0.425 e. The number of ketones is 3. The molecular weight excluding hydrogens is 889 g/mol. The van der Waals surface area contributed by atoms with E-state index in [0.717, 1.165) is 16.7 Å². The van der Waals surface area contributed by atoms with Crippen LogP contribution in [0, 0.1) is 29.1 Å². The molecule has 0 saturated carbocycles. The highest BCUT2D eigenvalue weighted by Gasteiger charge is 2.50. The maximum atomic E-state index is 14.7. The molecule has 0 unspecified atom stereocenters. The van der Waals surface area contributed by atoms with Gasteiger partial charge in [-0.25, -0.2) is 0 Å². The Kier molecular flexibility index (Phi) is 20.2. The zero-order valence-electron chi connectivity index (χ0n) is 42.9. The van der Waals surface area contributed by atoms with Gasteiger partial charge in [-0.3, -0.25) is 28.8 Å². The molecule has 5 atom stereocenters. The number of nitrogens with one attached hydrogen (secondary N) is 2. The third-order valence-electron chi connectivity index (χ3n) is 13.1. The molecule has 0 radical (unpaired) electrons. The molecule has 2 N–H and O–H groups in total. The number of aryl methyl sites for hydroxylation is 1. The molecule has 3 aromatic rings. The van der Waals surface area contributed by atoms with Crippen LogP contribution >= 0.6 is 0 Å². The number of oxime groups is 1. The predicted octanol–water partition coefficient (Wildman–Crippen LogP) is 7.41. The molecular formula is C56H77N4O10+. The number of epoxide rings is 1. The lowest BCUT2D eigenvalue weighted by Gasteiger charge is -2.41. The topological polar surface area (TPSA) is 179 Å². The average Bonchev–Trinajstić information content (AvgIpc) is 4.07. The third kappa shape index (κ3) is 17.1. The highest BCUT2D eigenvalue weighted by molar-refractivity contribution is 5.98. The Labute approximate surface area is 415 Å². The molecule has 0 spiro atoms. The minimum atomic E-state index is -0.936. The van der Waals surface area contributed by atoms with E-state index in [9.17, 15) is 28.8 Å². The summed E-state index contributed by atoms with van der Waals surface area (Å²) in [4.78, 5) is 89.4. The summed E-state index contributed by atoms with van der Waals surface area (Å²) in [6.07, 6.45) is 3.22. The van der Waals surface area contributed by atoms with Crippen molar-refractivity contribution in [1.82, 2.24) is 10.6 Å². The van der Waals surface area contributed by atoms with Crippen molar-refractivity contribution in [2.24, 2.45) is 34.2 Å². The fourth-order valence-electron chi connectivity index (χ4n) is 8.95. The molecule has 14 nitrogen and oxygen atoms in total. The van der Waals surface area contributed by atoms with Crippen molar-refractivity contribution < 1.29 is 52.3 Å². The van der Waals surface area contributed by atoms with E-state index in [4.69, 9.17) is 19.0 Å². The van der Waals surface area contributed by atoms with Crippen molar-refractivity contribution in [3.8, 4) is 5.75 Å². The number of rotatable bonds is 27. The predicted molar refractivity (Wildman–Crippen MR) is 269 cm³/mol. The smallest absolute Gasteiger partial charge is 0.316 e. The van der Waals surface area contributed by atoms with Crippen LogP contribution in [-0.2, 0) is 62.5 Å². The van der Waals surface area contributed by atoms with Crippen molar-refractivity contribution in [1.29, 1.82) is 0 Å². The van der Waals surface area contributed by atoms with Gasteiger partial charge in [-0.1, -0.05) is 93.5 Å². The van der Waals surface area contributed by atoms with E-state index < -0.39 is 46.8 Å². The highest BCUT2D eigenvalue weighted by atomic mass is 16.6. The normalized spacial score (nSPS) is 18.4. The number of morpholine rings is 1. The molecule has 2 amide bonds. The lowest BCUT2D eigenvalue weighted by Crippen LogP contribution is -2.57. The van der Waals surface area contributed by atoms with Crippen LogP contribution < -0.4 is 15.4 Å². The summed E-state index contributed by atoms with van der Waals surface area (Å²) in [6, 6.07) is 23.1. The van der Waals surface area contributed by atoms with Crippen LogP contribution in [0.4, 0.5) is 0 Å². The van der Waals surface area contributed by atoms with Crippen molar-refractivity contribution in [3.63, 3.8) is 0 Å². The number of carbonyl (C=O) groups is 6. The summed E-state index contributed by atoms with van der Waals surface area (Å²) in [5, 5.41) is 10.0. The lowest BCUT2D eigenvalue weighted by molar-refractivity contribution is -0.940. The first-order chi connectivity index (χ1) is 33.2. The number of carbonyl (C=O) groups excluding carboxylic acids is 6. The summed E-state index contributed by atoms with van der Waals surface area (Å²) in [5.74, 6) is -2.85. The first kappa shape index (κ1) is 55.4. The van der Waals surface area contributed by atoms with Gasteiger partial charge in [-0.05, 0) is 101 Å². The van der Waals surface area contributed by atoms with Gasteiger partial charge in [0.2, 0.25) is 11.8 Å². The van der Waals surface area contributed by atoms with E-state index in [1.807, 2.05) is 100 Å².